The molecule has 0 aliphatic heterocycles. The summed E-state index contributed by atoms with van der Waals surface area (Å²) in [6.07, 6.45) is 1.63. The number of halogens is 2. The maximum Gasteiger partial charge on any atom is 0.243 e. The number of carbonyl (C=O) groups excluding carboxylic acids is 3. The van der Waals surface area contributed by atoms with Crippen molar-refractivity contribution in [3.05, 3.63) is 59.7 Å². The zero-order chi connectivity index (χ0) is 23.2. The fraction of sp³-hybridized carbons (Fsp3) is 0.348. The van der Waals surface area contributed by atoms with Crippen LogP contribution >= 0.6 is 23.2 Å². The number of nitrogens with zero attached hydrogens (tertiary/aromatic N) is 1. The van der Waals surface area contributed by atoms with Gasteiger partial charge in [0.1, 0.15) is 11.8 Å². The second-order valence-electron chi connectivity index (χ2n) is 6.53. The topological polar surface area (TPSA) is 78.5 Å². The second-order valence-corrected chi connectivity index (χ2v) is 7.06. The first kappa shape index (κ1) is 26.5. The minimum atomic E-state index is -0.212. The molecule has 0 spiro atoms. The summed E-state index contributed by atoms with van der Waals surface area (Å²) in [5.41, 5.74) is 3.80. The first-order chi connectivity index (χ1) is 14.9. The lowest BCUT2D eigenvalue weighted by Crippen LogP contribution is -2.42. The van der Waals surface area contributed by atoms with Crippen molar-refractivity contribution in [2.45, 2.75) is 33.6 Å². The summed E-state index contributed by atoms with van der Waals surface area (Å²) in [5, 5.41) is 5.29. The molecule has 0 unspecified atom stereocenters. The quantitative estimate of drug-likeness (QED) is 0.449. The Morgan fingerprint density at radius 2 is 1.45 bits per heavy atom. The van der Waals surface area contributed by atoms with Crippen LogP contribution in [-0.4, -0.2) is 36.2 Å². The second kappa shape index (κ2) is 14.4. The summed E-state index contributed by atoms with van der Waals surface area (Å²) in [5.74, 6) is -0.686. The van der Waals surface area contributed by atoms with Gasteiger partial charge >= 0.3 is 0 Å². The van der Waals surface area contributed by atoms with Gasteiger partial charge in [-0.05, 0) is 36.1 Å². The summed E-state index contributed by atoms with van der Waals surface area (Å²) in [7, 11) is 0. The van der Waals surface area contributed by atoms with Crippen LogP contribution in [0, 0.1) is 0 Å². The molecule has 2 aromatic rings. The molecule has 0 fully saturated rings. The van der Waals surface area contributed by atoms with Crippen LogP contribution < -0.4 is 15.5 Å². The molecule has 2 N–H and O–H groups in total. The molecule has 6 nitrogen and oxygen atoms in total. The van der Waals surface area contributed by atoms with Crippen molar-refractivity contribution in [3.8, 4) is 0 Å². The van der Waals surface area contributed by atoms with Gasteiger partial charge in [0.2, 0.25) is 17.7 Å². The molecule has 8 heteroatoms. The van der Waals surface area contributed by atoms with Crippen LogP contribution in [-0.2, 0) is 27.2 Å². The Kier molecular flexibility index (Phi) is 12.3. The van der Waals surface area contributed by atoms with E-state index < -0.39 is 0 Å². The molecule has 2 aromatic carbocycles. The fourth-order valence-electron chi connectivity index (χ4n) is 2.83. The maximum atomic E-state index is 12.1. The van der Waals surface area contributed by atoms with Crippen LogP contribution in [0.5, 0.6) is 0 Å². The highest BCUT2D eigenvalue weighted by molar-refractivity contribution is 6.29. The SMILES string of the molecule is CCc1cccc(CC)c1N(CNC(C)=O)C(=O)CCl.O=C(CCl)Nc1ccccc1. The Morgan fingerprint density at radius 3 is 1.90 bits per heavy atom. The van der Waals surface area contributed by atoms with Gasteiger partial charge in [0.25, 0.3) is 0 Å². The van der Waals surface area contributed by atoms with E-state index in [4.69, 9.17) is 23.2 Å². The van der Waals surface area contributed by atoms with Gasteiger partial charge in [-0.15, -0.1) is 23.2 Å². The van der Waals surface area contributed by atoms with Crippen molar-refractivity contribution < 1.29 is 14.4 Å². The number of benzene rings is 2. The number of nitrogens with one attached hydrogen (secondary N) is 2. The Labute approximate surface area is 193 Å². The van der Waals surface area contributed by atoms with Gasteiger partial charge < -0.3 is 10.6 Å². The van der Waals surface area contributed by atoms with Crippen LogP contribution in [0.1, 0.15) is 31.9 Å². The summed E-state index contributed by atoms with van der Waals surface area (Å²) >= 11 is 11.0. The van der Waals surface area contributed by atoms with Crippen molar-refractivity contribution in [1.82, 2.24) is 5.32 Å². The average Bonchev–Trinajstić information content (AvgIpc) is 2.79. The highest BCUT2D eigenvalue weighted by atomic mass is 35.5. The predicted octanol–water partition coefficient (Wildman–Crippen LogP) is 4.34. The third kappa shape index (κ3) is 8.99. The molecule has 168 valence electrons. The van der Waals surface area contributed by atoms with E-state index in [1.54, 1.807) is 4.90 Å². The van der Waals surface area contributed by atoms with Crippen LogP contribution in [0.3, 0.4) is 0 Å². The summed E-state index contributed by atoms with van der Waals surface area (Å²) in [6, 6.07) is 15.2. The Bertz CT molecular complexity index is 838. The number of hydrogen-bond acceptors (Lipinski definition) is 3. The molecule has 3 amide bonds. The monoisotopic (exact) mass is 465 g/mol. The molecule has 0 aromatic heterocycles. The Hall–Kier alpha value is -2.57. The van der Waals surface area contributed by atoms with Crippen molar-refractivity contribution in [2.75, 3.05) is 28.6 Å². The van der Waals surface area contributed by atoms with E-state index >= 15 is 0 Å². The van der Waals surface area contributed by atoms with E-state index in [-0.39, 0.29) is 36.2 Å². The van der Waals surface area contributed by atoms with Crippen molar-refractivity contribution in [3.63, 3.8) is 0 Å². The van der Waals surface area contributed by atoms with E-state index in [9.17, 15) is 14.4 Å². The molecular formula is C23H29Cl2N3O3. The minimum absolute atomic E-state index is 0.00507. The van der Waals surface area contributed by atoms with Gasteiger partial charge in [-0.25, -0.2) is 0 Å². The molecule has 0 radical (unpaired) electrons. The Morgan fingerprint density at radius 1 is 0.871 bits per heavy atom. The number of amides is 3. The lowest BCUT2D eigenvalue weighted by Gasteiger charge is -2.27. The number of rotatable bonds is 8. The normalized spacial score (nSPS) is 9.84. The van der Waals surface area contributed by atoms with E-state index in [0.29, 0.717) is 0 Å². The zero-order valence-corrected chi connectivity index (χ0v) is 19.6. The number of carbonyl (C=O) groups is 3. The molecule has 0 atom stereocenters. The zero-order valence-electron chi connectivity index (χ0n) is 18.1. The van der Waals surface area contributed by atoms with Crippen LogP contribution in [0.4, 0.5) is 11.4 Å². The van der Waals surface area contributed by atoms with Crippen LogP contribution in [0.25, 0.3) is 0 Å². The summed E-state index contributed by atoms with van der Waals surface area (Å²) in [6.45, 7) is 5.65. The highest BCUT2D eigenvalue weighted by Gasteiger charge is 2.20. The van der Waals surface area contributed by atoms with E-state index in [1.165, 1.54) is 6.92 Å². The molecular weight excluding hydrogens is 437 g/mol. The highest BCUT2D eigenvalue weighted by Crippen LogP contribution is 2.27. The maximum absolute atomic E-state index is 12.1. The van der Waals surface area contributed by atoms with Crippen molar-refractivity contribution >= 4 is 52.3 Å². The number of anilines is 2. The molecule has 0 aliphatic carbocycles. The van der Waals surface area contributed by atoms with Gasteiger partial charge in [0, 0.05) is 12.6 Å². The third-order valence-electron chi connectivity index (χ3n) is 4.32. The standard InChI is InChI=1S/C15H21ClN2O2.C8H8ClNO/c1-4-12-7-6-8-13(5-2)15(12)18(14(20)9-16)10-17-11(3)19;9-6-8(11)10-7-4-2-1-3-5-7/h6-8H,4-5,9-10H2,1-3H3,(H,17,19);1-5H,6H2,(H,10,11). The third-order valence-corrected chi connectivity index (χ3v) is 4.79. The Balaban J connectivity index is 0.000000367. The molecule has 0 heterocycles. The molecule has 31 heavy (non-hydrogen) atoms. The number of aryl methyl sites for hydroxylation is 2. The van der Waals surface area contributed by atoms with Gasteiger partial charge in [-0.2, -0.15) is 0 Å². The number of para-hydroxylation sites is 2. The van der Waals surface area contributed by atoms with Crippen LogP contribution in [0.15, 0.2) is 48.5 Å². The molecule has 2 rings (SSSR count). The first-order valence-electron chi connectivity index (χ1n) is 10.00. The van der Waals surface area contributed by atoms with Crippen molar-refractivity contribution in [1.29, 1.82) is 0 Å². The van der Waals surface area contributed by atoms with Crippen molar-refractivity contribution in [2.24, 2.45) is 0 Å². The van der Waals surface area contributed by atoms with Gasteiger partial charge in [-0.1, -0.05) is 50.2 Å². The molecule has 0 bridgehead atoms. The first-order valence-corrected chi connectivity index (χ1v) is 11.1. The van der Waals surface area contributed by atoms with Gasteiger partial charge in [0.05, 0.1) is 12.4 Å². The number of hydrogen-bond donors (Lipinski definition) is 2. The van der Waals surface area contributed by atoms with E-state index in [2.05, 4.69) is 10.6 Å². The molecule has 0 aliphatic rings. The average molecular weight is 466 g/mol. The van der Waals surface area contributed by atoms with Crippen LogP contribution in [0.2, 0.25) is 0 Å². The smallest absolute Gasteiger partial charge is 0.243 e. The fourth-order valence-corrected chi connectivity index (χ4v) is 3.04. The largest absolute Gasteiger partial charge is 0.338 e. The van der Waals surface area contributed by atoms with Gasteiger partial charge in [0.15, 0.2) is 0 Å². The van der Waals surface area contributed by atoms with E-state index in [1.807, 2.05) is 62.4 Å². The minimum Gasteiger partial charge on any atom is -0.338 e. The molecule has 0 saturated carbocycles. The number of alkyl halides is 2. The lowest BCUT2D eigenvalue weighted by molar-refractivity contribution is -0.119. The lowest BCUT2D eigenvalue weighted by atomic mass is 10.0. The predicted molar refractivity (Wildman–Crippen MR) is 128 cm³/mol. The summed E-state index contributed by atoms with van der Waals surface area (Å²) in [4.78, 5) is 35.5. The summed E-state index contributed by atoms with van der Waals surface area (Å²) < 4.78 is 0. The van der Waals surface area contributed by atoms with Gasteiger partial charge in [-0.3, -0.25) is 19.3 Å². The van der Waals surface area contributed by atoms with E-state index in [0.717, 1.165) is 35.3 Å². The molecule has 0 saturated heterocycles.